The van der Waals surface area contributed by atoms with Crippen LogP contribution in [-0.4, -0.2) is 21.8 Å². The van der Waals surface area contributed by atoms with Crippen molar-refractivity contribution in [2.75, 3.05) is 0 Å². The Bertz CT molecular complexity index is 325. The molecule has 2 rings (SSSR count). The molecule has 1 saturated heterocycles. The second-order valence-corrected chi connectivity index (χ2v) is 4.10. The quantitative estimate of drug-likeness (QED) is 0.563. The van der Waals surface area contributed by atoms with Gasteiger partial charge >= 0.3 is 0 Å². The summed E-state index contributed by atoms with van der Waals surface area (Å²) in [6.07, 6.45) is 6.27. The first-order chi connectivity index (χ1) is 7.22. The smallest absolute Gasteiger partial charge is 0.129 e. The van der Waals surface area contributed by atoms with Crippen molar-refractivity contribution in [2.24, 2.45) is 12.9 Å². The van der Waals surface area contributed by atoms with E-state index in [9.17, 15) is 0 Å². The van der Waals surface area contributed by atoms with Crippen molar-refractivity contribution in [3.05, 3.63) is 18.2 Å². The van der Waals surface area contributed by atoms with Crippen molar-refractivity contribution in [3.8, 4) is 0 Å². The van der Waals surface area contributed by atoms with E-state index in [-0.39, 0.29) is 12.1 Å². The van der Waals surface area contributed by atoms with Crippen LogP contribution < -0.4 is 11.3 Å². The van der Waals surface area contributed by atoms with Crippen LogP contribution in [0.25, 0.3) is 0 Å². The summed E-state index contributed by atoms with van der Waals surface area (Å²) >= 11 is 0. The number of imidazole rings is 1. The summed E-state index contributed by atoms with van der Waals surface area (Å²) in [5.74, 6) is 6.50. The van der Waals surface area contributed by atoms with Crippen LogP contribution in [0.5, 0.6) is 0 Å². The fraction of sp³-hybridized carbons (Fsp3) is 0.700. The fourth-order valence-electron chi connectivity index (χ4n) is 2.10. The Morgan fingerprint density at radius 3 is 2.93 bits per heavy atom. The molecule has 84 valence electrons. The maximum absolute atomic E-state index is 5.80. The Kier molecular flexibility index (Phi) is 3.04. The fourth-order valence-corrected chi connectivity index (χ4v) is 2.10. The molecule has 3 unspecified atom stereocenters. The van der Waals surface area contributed by atoms with E-state index in [1.54, 1.807) is 6.20 Å². The minimum absolute atomic E-state index is 0.0186. The van der Waals surface area contributed by atoms with E-state index in [4.69, 9.17) is 10.6 Å². The first-order valence-electron chi connectivity index (χ1n) is 5.31. The molecule has 2 heterocycles. The molecule has 0 aromatic carbocycles. The largest absolute Gasteiger partial charge is 0.373 e. The highest BCUT2D eigenvalue weighted by molar-refractivity contribution is 5.02. The van der Waals surface area contributed by atoms with Crippen molar-refractivity contribution in [1.29, 1.82) is 0 Å². The number of aromatic nitrogens is 2. The molecule has 0 spiro atoms. The van der Waals surface area contributed by atoms with Crippen LogP contribution in [0.15, 0.2) is 12.4 Å². The predicted molar refractivity (Wildman–Crippen MR) is 56.8 cm³/mol. The van der Waals surface area contributed by atoms with Gasteiger partial charge in [0.15, 0.2) is 0 Å². The number of hydrogen-bond acceptors (Lipinski definition) is 4. The number of nitrogens with two attached hydrogens (primary N) is 1. The minimum atomic E-state index is -0.0186. The second kappa shape index (κ2) is 4.30. The van der Waals surface area contributed by atoms with Gasteiger partial charge in [0.05, 0.1) is 12.2 Å². The van der Waals surface area contributed by atoms with Crippen LogP contribution >= 0.6 is 0 Å². The van der Waals surface area contributed by atoms with Crippen molar-refractivity contribution >= 4 is 0 Å². The first-order valence-corrected chi connectivity index (χ1v) is 5.31. The molecule has 0 aliphatic carbocycles. The average Bonchev–Trinajstić information content (AvgIpc) is 2.79. The molecule has 3 atom stereocenters. The number of rotatable bonds is 3. The third kappa shape index (κ3) is 2.04. The van der Waals surface area contributed by atoms with Crippen molar-refractivity contribution < 1.29 is 4.74 Å². The summed E-state index contributed by atoms with van der Waals surface area (Å²) < 4.78 is 7.77. The molecule has 5 nitrogen and oxygen atoms in total. The summed E-state index contributed by atoms with van der Waals surface area (Å²) in [6.45, 7) is 2.09. The average molecular weight is 210 g/mol. The minimum Gasteiger partial charge on any atom is -0.373 e. The van der Waals surface area contributed by atoms with E-state index in [1.807, 2.05) is 17.8 Å². The van der Waals surface area contributed by atoms with Crippen LogP contribution in [0.1, 0.15) is 31.6 Å². The van der Waals surface area contributed by atoms with Crippen molar-refractivity contribution in [2.45, 2.75) is 38.0 Å². The van der Waals surface area contributed by atoms with Gasteiger partial charge in [0.1, 0.15) is 11.9 Å². The molecule has 5 heteroatoms. The lowest BCUT2D eigenvalue weighted by Gasteiger charge is -2.22. The Balaban J connectivity index is 2.14. The summed E-state index contributed by atoms with van der Waals surface area (Å²) in [7, 11) is 1.96. The normalized spacial score (nSPS) is 28.2. The maximum atomic E-state index is 5.80. The first kappa shape index (κ1) is 10.6. The Labute approximate surface area is 89.6 Å². The molecule has 0 saturated carbocycles. The molecule has 0 radical (unpaired) electrons. The van der Waals surface area contributed by atoms with Crippen molar-refractivity contribution in [1.82, 2.24) is 15.0 Å². The summed E-state index contributed by atoms with van der Waals surface area (Å²) in [4.78, 5) is 4.30. The van der Waals surface area contributed by atoms with Crippen molar-refractivity contribution in [3.63, 3.8) is 0 Å². The second-order valence-electron chi connectivity index (χ2n) is 4.10. The highest BCUT2D eigenvalue weighted by Gasteiger charge is 2.31. The molecule has 1 fully saturated rings. The highest BCUT2D eigenvalue weighted by Crippen LogP contribution is 2.28. The van der Waals surface area contributed by atoms with Gasteiger partial charge in [0, 0.05) is 19.4 Å². The predicted octanol–water partition coefficient (Wildman–Crippen LogP) is 0.492. The Morgan fingerprint density at radius 2 is 2.47 bits per heavy atom. The number of nitrogens with one attached hydrogen (secondary N) is 1. The van der Waals surface area contributed by atoms with Gasteiger partial charge in [0.25, 0.3) is 0 Å². The van der Waals surface area contributed by atoms with E-state index >= 15 is 0 Å². The van der Waals surface area contributed by atoms with Gasteiger partial charge in [0.2, 0.25) is 0 Å². The van der Waals surface area contributed by atoms with Crippen LogP contribution in [0.3, 0.4) is 0 Å². The molecular formula is C10H18N4O. The summed E-state index contributed by atoms with van der Waals surface area (Å²) in [5, 5.41) is 0. The van der Waals surface area contributed by atoms with Gasteiger partial charge < -0.3 is 9.30 Å². The Hall–Kier alpha value is -0.910. The van der Waals surface area contributed by atoms with Crippen LogP contribution in [0, 0.1) is 0 Å². The van der Waals surface area contributed by atoms with E-state index in [0.717, 1.165) is 18.7 Å². The third-order valence-electron chi connectivity index (χ3n) is 2.95. The highest BCUT2D eigenvalue weighted by atomic mass is 16.5. The standard InChI is InChI=1S/C10H18N4O/c1-7-3-4-8(15-7)9(13-11)10-12-5-6-14(10)2/h5-9,13H,3-4,11H2,1-2H3. The number of hydrogen-bond donors (Lipinski definition) is 2. The van der Waals surface area contributed by atoms with Crippen LogP contribution in [0.2, 0.25) is 0 Å². The topological polar surface area (TPSA) is 65.1 Å². The maximum Gasteiger partial charge on any atom is 0.129 e. The van der Waals surface area contributed by atoms with Gasteiger partial charge in [-0.2, -0.15) is 0 Å². The van der Waals surface area contributed by atoms with E-state index in [0.29, 0.717) is 6.10 Å². The monoisotopic (exact) mass is 210 g/mol. The molecule has 1 aliphatic heterocycles. The number of aryl methyl sites for hydroxylation is 1. The van der Waals surface area contributed by atoms with Crippen LogP contribution in [0.4, 0.5) is 0 Å². The zero-order chi connectivity index (χ0) is 10.8. The third-order valence-corrected chi connectivity index (χ3v) is 2.95. The molecule has 1 aliphatic rings. The molecular weight excluding hydrogens is 192 g/mol. The van der Waals surface area contributed by atoms with E-state index in [1.165, 1.54) is 0 Å². The van der Waals surface area contributed by atoms with E-state index < -0.39 is 0 Å². The summed E-state index contributed by atoms with van der Waals surface area (Å²) in [6, 6.07) is -0.0186. The van der Waals surface area contributed by atoms with Gasteiger partial charge in [-0.3, -0.25) is 5.84 Å². The molecule has 3 N–H and O–H groups in total. The SMILES string of the molecule is CC1CCC(C(NN)c2nccn2C)O1. The molecule has 15 heavy (non-hydrogen) atoms. The van der Waals surface area contributed by atoms with Gasteiger partial charge in [-0.05, 0) is 19.8 Å². The number of ether oxygens (including phenoxy) is 1. The van der Waals surface area contributed by atoms with Gasteiger partial charge in [-0.25, -0.2) is 10.4 Å². The molecule has 0 bridgehead atoms. The zero-order valence-electron chi connectivity index (χ0n) is 9.18. The molecule has 1 aromatic heterocycles. The lowest BCUT2D eigenvalue weighted by molar-refractivity contribution is 0.0290. The summed E-state index contributed by atoms with van der Waals surface area (Å²) in [5.41, 5.74) is 2.80. The van der Waals surface area contributed by atoms with E-state index in [2.05, 4.69) is 17.3 Å². The lowest BCUT2D eigenvalue weighted by atomic mass is 10.1. The van der Waals surface area contributed by atoms with Gasteiger partial charge in [-0.1, -0.05) is 0 Å². The number of hydrazine groups is 1. The van der Waals surface area contributed by atoms with Gasteiger partial charge in [-0.15, -0.1) is 0 Å². The lowest BCUT2D eigenvalue weighted by Crippen LogP contribution is -2.38. The molecule has 0 amide bonds. The number of nitrogens with zero attached hydrogens (tertiary/aromatic N) is 2. The Morgan fingerprint density at radius 1 is 1.67 bits per heavy atom. The molecule has 1 aromatic rings. The zero-order valence-corrected chi connectivity index (χ0v) is 9.18. The van der Waals surface area contributed by atoms with Crippen LogP contribution in [-0.2, 0) is 11.8 Å².